The molecule has 156 valence electrons. The molecule has 3 aromatic rings. The summed E-state index contributed by atoms with van der Waals surface area (Å²) in [5.41, 5.74) is 1.74. The second kappa shape index (κ2) is 8.89. The summed E-state index contributed by atoms with van der Waals surface area (Å²) in [6.45, 7) is 7.74. The van der Waals surface area contributed by atoms with E-state index in [2.05, 4.69) is 41.3 Å². The van der Waals surface area contributed by atoms with Crippen molar-refractivity contribution in [2.75, 3.05) is 26.2 Å². The Labute approximate surface area is 189 Å². The average Bonchev–Trinajstić information content (AvgIpc) is 3.04. The van der Waals surface area contributed by atoms with E-state index in [1.807, 2.05) is 36.4 Å². The highest BCUT2D eigenvalue weighted by Gasteiger charge is 2.42. The predicted octanol–water partition coefficient (Wildman–Crippen LogP) is 4.67. The maximum atomic E-state index is 13.4. The van der Waals surface area contributed by atoms with Crippen LogP contribution >= 0.6 is 22.6 Å². The number of carbonyl (C=O) groups is 1. The van der Waals surface area contributed by atoms with Gasteiger partial charge in [0, 0.05) is 10.1 Å². The second-order valence-electron chi connectivity index (χ2n) is 7.50. The molecule has 1 aliphatic rings. The molecule has 0 saturated carbocycles. The Kier molecular flexibility index (Phi) is 6.24. The van der Waals surface area contributed by atoms with Gasteiger partial charge in [0.15, 0.2) is 5.43 Å². The molecule has 0 N–H and O–H groups in total. The van der Waals surface area contributed by atoms with Crippen LogP contribution in [0.2, 0.25) is 0 Å². The molecule has 6 heteroatoms. The summed E-state index contributed by atoms with van der Waals surface area (Å²) < 4.78 is 7.08. The van der Waals surface area contributed by atoms with E-state index in [1.165, 1.54) is 0 Å². The standard InChI is InChI=1S/C24H25IN2O3/c1-3-26(4-2)14-7-15-27-21(16-10-12-17(25)13-11-16)20-22(28)18-8-5-6-9-19(18)30-23(20)24(27)29/h5-6,8-13,21H,3-4,7,14-15H2,1-2H3. The van der Waals surface area contributed by atoms with Gasteiger partial charge in [-0.3, -0.25) is 9.59 Å². The van der Waals surface area contributed by atoms with Crippen molar-refractivity contribution in [3.63, 3.8) is 0 Å². The summed E-state index contributed by atoms with van der Waals surface area (Å²) in [5, 5.41) is 0.518. The van der Waals surface area contributed by atoms with Crippen LogP contribution in [0.1, 0.15) is 48.0 Å². The first-order chi connectivity index (χ1) is 14.5. The lowest BCUT2D eigenvalue weighted by Gasteiger charge is -2.26. The van der Waals surface area contributed by atoms with Crippen molar-refractivity contribution >= 4 is 39.5 Å². The van der Waals surface area contributed by atoms with E-state index in [0.29, 0.717) is 23.1 Å². The quantitative estimate of drug-likeness (QED) is 0.429. The number of benzene rings is 2. The number of fused-ring (bicyclic) bond motifs is 2. The number of amides is 1. The maximum Gasteiger partial charge on any atom is 0.290 e. The molecule has 1 aromatic heterocycles. The first-order valence-corrected chi connectivity index (χ1v) is 11.5. The van der Waals surface area contributed by atoms with Gasteiger partial charge in [-0.1, -0.05) is 38.1 Å². The number of halogens is 1. The van der Waals surface area contributed by atoms with Crippen molar-refractivity contribution in [1.82, 2.24) is 9.80 Å². The largest absolute Gasteiger partial charge is 0.450 e. The zero-order chi connectivity index (χ0) is 21.3. The molecule has 0 fully saturated rings. The molecule has 30 heavy (non-hydrogen) atoms. The lowest BCUT2D eigenvalue weighted by molar-refractivity contribution is 0.0720. The lowest BCUT2D eigenvalue weighted by atomic mass is 9.98. The van der Waals surface area contributed by atoms with Crippen molar-refractivity contribution in [2.24, 2.45) is 0 Å². The predicted molar refractivity (Wildman–Crippen MR) is 127 cm³/mol. The minimum absolute atomic E-state index is 0.116. The highest BCUT2D eigenvalue weighted by molar-refractivity contribution is 14.1. The van der Waals surface area contributed by atoms with Gasteiger partial charge in [-0.2, -0.15) is 0 Å². The molecule has 1 aliphatic heterocycles. The van der Waals surface area contributed by atoms with Gasteiger partial charge < -0.3 is 14.2 Å². The third-order valence-electron chi connectivity index (χ3n) is 5.83. The third-order valence-corrected chi connectivity index (χ3v) is 6.55. The van der Waals surface area contributed by atoms with E-state index in [9.17, 15) is 9.59 Å². The Morgan fingerprint density at radius 1 is 1.03 bits per heavy atom. The molecule has 2 aromatic carbocycles. The molecule has 0 radical (unpaired) electrons. The molecule has 4 rings (SSSR count). The van der Waals surface area contributed by atoms with E-state index in [1.54, 1.807) is 17.0 Å². The molecule has 5 nitrogen and oxygen atoms in total. The van der Waals surface area contributed by atoms with Crippen LogP contribution in [0, 0.1) is 3.57 Å². The third kappa shape index (κ3) is 3.78. The summed E-state index contributed by atoms with van der Waals surface area (Å²) in [4.78, 5) is 30.9. The van der Waals surface area contributed by atoms with Crippen molar-refractivity contribution in [3.05, 3.63) is 79.2 Å². The fourth-order valence-electron chi connectivity index (χ4n) is 4.19. The van der Waals surface area contributed by atoms with Gasteiger partial charge in [0.2, 0.25) is 5.76 Å². The van der Waals surface area contributed by atoms with Crippen LogP contribution in [0.15, 0.2) is 57.7 Å². The number of rotatable bonds is 7. The Morgan fingerprint density at radius 2 is 1.73 bits per heavy atom. The molecule has 0 aliphatic carbocycles. The van der Waals surface area contributed by atoms with Gasteiger partial charge >= 0.3 is 0 Å². The first kappa shape index (κ1) is 21.1. The maximum absolute atomic E-state index is 13.4. The van der Waals surface area contributed by atoms with Crippen LogP contribution in [0.3, 0.4) is 0 Å². The number of para-hydroxylation sites is 1. The minimum Gasteiger partial charge on any atom is -0.450 e. The number of hydrogen-bond donors (Lipinski definition) is 0. The summed E-state index contributed by atoms with van der Waals surface area (Å²) in [6, 6.07) is 14.8. The molecular formula is C24H25IN2O3. The fourth-order valence-corrected chi connectivity index (χ4v) is 4.55. The van der Waals surface area contributed by atoms with Crippen molar-refractivity contribution in [2.45, 2.75) is 26.3 Å². The average molecular weight is 516 g/mol. The smallest absolute Gasteiger partial charge is 0.290 e. The first-order valence-electron chi connectivity index (χ1n) is 10.4. The van der Waals surface area contributed by atoms with Gasteiger partial charge in [-0.05, 0) is 78.5 Å². The molecule has 1 amide bonds. The zero-order valence-electron chi connectivity index (χ0n) is 17.2. The van der Waals surface area contributed by atoms with Crippen LogP contribution in [-0.2, 0) is 0 Å². The monoisotopic (exact) mass is 516 g/mol. The van der Waals surface area contributed by atoms with Crippen LogP contribution < -0.4 is 5.43 Å². The number of nitrogens with zero attached hydrogens (tertiary/aromatic N) is 2. The van der Waals surface area contributed by atoms with Crippen LogP contribution in [0.4, 0.5) is 0 Å². The molecule has 2 heterocycles. The normalized spacial score (nSPS) is 15.9. The Balaban J connectivity index is 1.78. The van der Waals surface area contributed by atoms with Crippen LogP contribution in [0.25, 0.3) is 11.0 Å². The van der Waals surface area contributed by atoms with Crippen LogP contribution in [0.5, 0.6) is 0 Å². The van der Waals surface area contributed by atoms with Crippen molar-refractivity contribution in [3.8, 4) is 0 Å². The SMILES string of the molecule is CCN(CC)CCCN1C(=O)c2oc3ccccc3c(=O)c2C1c1ccc(I)cc1. The van der Waals surface area contributed by atoms with Gasteiger partial charge in [0.25, 0.3) is 5.91 Å². The number of hydrogen-bond acceptors (Lipinski definition) is 4. The van der Waals surface area contributed by atoms with Gasteiger partial charge in [0.05, 0.1) is 17.0 Å². The topological polar surface area (TPSA) is 53.8 Å². The van der Waals surface area contributed by atoms with Crippen molar-refractivity contribution < 1.29 is 9.21 Å². The van der Waals surface area contributed by atoms with Gasteiger partial charge in [-0.25, -0.2) is 0 Å². The van der Waals surface area contributed by atoms with E-state index in [0.717, 1.165) is 35.2 Å². The van der Waals surface area contributed by atoms with E-state index in [-0.39, 0.29) is 17.1 Å². The summed E-state index contributed by atoms with van der Waals surface area (Å²) in [7, 11) is 0. The van der Waals surface area contributed by atoms with E-state index in [4.69, 9.17) is 4.42 Å². The molecule has 1 unspecified atom stereocenters. The Hall–Kier alpha value is -2.19. The highest BCUT2D eigenvalue weighted by atomic mass is 127. The fraction of sp³-hybridized carbons (Fsp3) is 0.333. The summed E-state index contributed by atoms with van der Waals surface area (Å²) in [5.74, 6) is -0.0129. The highest BCUT2D eigenvalue weighted by Crippen LogP contribution is 2.38. The summed E-state index contributed by atoms with van der Waals surface area (Å²) in [6.07, 6.45) is 0.843. The van der Waals surface area contributed by atoms with E-state index >= 15 is 0 Å². The van der Waals surface area contributed by atoms with Gasteiger partial charge in [0.1, 0.15) is 5.58 Å². The Morgan fingerprint density at radius 3 is 2.43 bits per heavy atom. The molecule has 1 atom stereocenters. The van der Waals surface area contributed by atoms with E-state index < -0.39 is 6.04 Å². The molecular weight excluding hydrogens is 491 g/mol. The second-order valence-corrected chi connectivity index (χ2v) is 8.75. The van der Waals surface area contributed by atoms with Gasteiger partial charge in [-0.15, -0.1) is 0 Å². The minimum atomic E-state index is -0.415. The molecule has 0 spiro atoms. The van der Waals surface area contributed by atoms with Crippen LogP contribution in [-0.4, -0.2) is 41.9 Å². The van der Waals surface area contributed by atoms with Crippen molar-refractivity contribution in [1.29, 1.82) is 0 Å². The number of carbonyl (C=O) groups excluding carboxylic acids is 1. The lowest BCUT2D eigenvalue weighted by Crippen LogP contribution is -2.33. The summed E-state index contributed by atoms with van der Waals surface area (Å²) >= 11 is 2.26. The Bertz CT molecular complexity index is 1120. The molecule has 0 bridgehead atoms. The molecule has 0 saturated heterocycles. The zero-order valence-corrected chi connectivity index (χ0v) is 19.4.